The number of aromatic amines is 2. The summed E-state index contributed by atoms with van der Waals surface area (Å²) in [7, 11) is 0. The molecule has 0 aliphatic carbocycles. The Balaban J connectivity index is 0.00000193. The second-order valence-corrected chi connectivity index (χ2v) is 8.01. The molecule has 2 N–H and O–H groups in total. The van der Waals surface area contributed by atoms with Crippen LogP contribution in [-0.2, 0) is 17.1 Å². The van der Waals surface area contributed by atoms with Crippen LogP contribution in [0.5, 0.6) is 0 Å². The molecule has 6 heterocycles. The zero-order chi connectivity index (χ0) is 19.2. The van der Waals surface area contributed by atoms with Gasteiger partial charge in [-0.15, -0.1) is 11.3 Å². The molecule has 4 aromatic rings. The van der Waals surface area contributed by atoms with E-state index in [2.05, 4.69) is 69.9 Å². The van der Waals surface area contributed by atoms with E-state index in [1.54, 1.807) is 11.3 Å². The summed E-state index contributed by atoms with van der Waals surface area (Å²) in [6.07, 6.45) is 8.17. The minimum atomic E-state index is 0. The average Bonchev–Trinajstić information content (AvgIpc) is 3.50. The van der Waals surface area contributed by atoms with Crippen molar-refractivity contribution < 1.29 is 17.1 Å². The quantitative estimate of drug-likeness (QED) is 0.287. The van der Waals surface area contributed by atoms with E-state index in [0.29, 0.717) is 0 Å². The Kier molecular flexibility index (Phi) is 4.75. The minimum Gasteiger partial charge on any atom is -0.355 e. The van der Waals surface area contributed by atoms with E-state index in [0.717, 1.165) is 44.8 Å². The number of thiophene rings is 1. The summed E-state index contributed by atoms with van der Waals surface area (Å²) in [5.74, 6) is 0. The first-order valence-corrected chi connectivity index (χ1v) is 10.3. The molecule has 0 fully saturated rings. The van der Waals surface area contributed by atoms with E-state index in [1.807, 2.05) is 24.3 Å². The Morgan fingerprint density at radius 1 is 0.633 bits per heavy atom. The summed E-state index contributed by atoms with van der Waals surface area (Å²) in [6, 6.07) is 18.8. The summed E-state index contributed by atoms with van der Waals surface area (Å²) < 4.78 is 0. The molecule has 0 radical (unpaired) electrons. The zero-order valence-electron chi connectivity index (χ0n) is 15.7. The molecule has 146 valence electrons. The SMILES string of the molecule is C1=Cc2cc3cc(-c4cccs4)c(cc4nc(cc5ccc(cc1n2)[nH]5)C=C4)[nH]3.[Fe]. The summed E-state index contributed by atoms with van der Waals surface area (Å²) in [5, 5.41) is 2.10. The second-order valence-electron chi connectivity index (χ2n) is 7.07. The van der Waals surface area contributed by atoms with Crippen molar-refractivity contribution in [3.8, 4) is 10.4 Å². The third kappa shape index (κ3) is 3.57. The first-order valence-electron chi connectivity index (χ1n) is 9.41. The third-order valence-electron chi connectivity index (χ3n) is 4.96. The molecule has 2 aliphatic heterocycles. The summed E-state index contributed by atoms with van der Waals surface area (Å²) >= 11 is 1.73. The first kappa shape index (κ1) is 18.8. The molecule has 0 spiro atoms. The van der Waals surface area contributed by atoms with Crippen molar-refractivity contribution in [2.75, 3.05) is 0 Å². The van der Waals surface area contributed by atoms with Crippen molar-refractivity contribution in [3.63, 3.8) is 0 Å². The van der Waals surface area contributed by atoms with Crippen LogP contribution in [0.2, 0.25) is 0 Å². The third-order valence-corrected chi connectivity index (χ3v) is 5.86. The Bertz CT molecular complexity index is 1460. The Labute approximate surface area is 187 Å². The van der Waals surface area contributed by atoms with Gasteiger partial charge in [0.05, 0.1) is 22.8 Å². The molecule has 0 saturated carbocycles. The molecule has 0 atom stereocenters. The van der Waals surface area contributed by atoms with Crippen LogP contribution in [0.15, 0.2) is 60.0 Å². The van der Waals surface area contributed by atoms with Gasteiger partial charge in [0.2, 0.25) is 0 Å². The molecular formula is C24H16FeN4S. The van der Waals surface area contributed by atoms with Crippen molar-refractivity contribution in [2.45, 2.75) is 0 Å². The second kappa shape index (κ2) is 7.58. The maximum absolute atomic E-state index is 4.76. The summed E-state index contributed by atoms with van der Waals surface area (Å²) in [4.78, 5) is 17.7. The summed E-state index contributed by atoms with van der Waals surface area (Å²) in [6.45, 7) is 0. The van der Waals surface area contributed by atoms with Crippen LogP contribution in [0, 0.1) is 0 Å². The van der Waals surface area contributed by atoms with Gasteiger partial charge in [-0.25, -0.2) is 9.97 Å². The Hall–Kier alpha value is -3.18. The first-order chi connectivity index (χ1) is 14.3. The number of H-pyrrole nitrogens is 2. The average molecular weight is 448 g/mol. The van der Waals surface area contributed by atoms with Crippen molar-refractivity contribution >= 4 is 57.7 Å². The molecule has 4 aromatic heterocycles. The number of fused-ring (bicyclic) bond motifs is 8. The van der Waals surface area contributed by atoms with Crippen molar-refractivity contribution in [2.24, 2.45) is 0 Å². The van der Waals surface area contributed by atoms with Gasteiger partial charge in [-0.2, -0.15) is 0 Å². The zero-order valence-corrected chi connectivity index (χ0v) is 17.7. The molecule has 0 saturated heterocycles. The van der Waals surface area contributed by atoms with Gasteiger partial charge in [0.15, 0.2) is 0 Å². The van der Waals surface area contributed by atoms with Gasteiger partial charge in [-0.1, -0.05) is 6.07 Å². The fraction of sp³-hybridized carbons (Fsp3) is 0. The van der Waals surface area contributed by atoms with Crippen molar-refractivity contribution in [1.82, 2.24) is 19.9 Å². The number of aromatic nitrogens is 4. The molecule has 30 heavy (non-hydrogen) atoms. The van der Waals surface area contributed by atoms with Gasteiger partial charge in [0, 0.05) is 49.6 Å². The van der Waals surface area contributed by atoms with E-state index in [-0.39, 0.29) is 17.1 Å². The van der Waals surface area contributed by atoms with Crippen LogP contribution in [0.1, 0.15) is 22.8 Å². The number of nitrogens with one attached hydrogen (secondary N) is 2. The largest absolute Gasteiger partial charge is 0.355 e. The molecule has 4 nitrogen and oxygen atoms in total. The Morgan fingerprint density at radius 2 is 1.23 bits per heavy atom. The molecule has 2 aliphatic rings. The van der Waals surface area contributed by atoms with E-state index in [1.165, 1.54) is 10.4 Å². The maximum Gasteiger partial charge on any atom is 0.0658 e. The van der Waals surface area contributed by atoms with Crippen LogP contribution in [0.4, 0.5) is 0 Å². The predicted molar refractivity (Wildman–Crippen MR) is 122 cm³/mol. The van der Waals surface area contributed by atoms with Gasteiger partial charge in [0.25, 0.3) is 0 Å². The number of hydrogen-bond acceptors (Lipinski definition) is 3. The van der Waals surface area contributed by atoms with Crippen molar-refractivity contribution in [3.05, 3.63) is 82.8 Å². The van der Waals surface area contributed by atoms with Gasteiger partial charge < -0.3 is 9.97 Å². The predicted octanol–water partition coefficient (Wildman–Crippen LogP) is 6.38. The minimum absolute atomic E-state index is 0. The molecule has 0 amide bonds. The van der Waals surface area contributed by atoms with Crippen LogP contribution in [0.3, 0.4) is 0 Å². The maximum atomic E-state index is 4.76. The van der Waals surface area contributed by atoms with Crippen LogP contribution < -0.4 is 0 Å². The van der Waals surface area contributed by atoms with Gasteiger partial charge in [-0.3, -0.25) is 0 Å². The molecule has 6 heteroatoms. The molecule has 0 aromatic carbocycles. The van der Waals surface area contributed by atoms with Gasteiger partial charge in [-0.05, 0) is 78.2 Å². The number of rotatable bonds is 1. The van der Waals surface area contributed by atoms with E-state index >= 15 is 0 Å². The molecular weight excluding hydrogens is 432 g/mol. The van der Waals surface area contributed by atoms with Gasteiger partial charge in [0.1, 0.15) is 0 Å². The van der Waals surface area contributed by atoms with Crippen LogP contribution in [-0.4, -0.2) is 19.9 Å². The molecule has 8 bridgehead atoms. The topological polar surface area (TPSA) is 57.4 Å². The number of hydrogen-bond donors (Lipinski definition) is 2. The molecule has 6 rings (SSSR count). The normalized spacial score (nSPS) is 12.1. The molecule has 0 unspecified atom stereocenters. The van der Waals surface area contributed by atoms with Crippen LogP contribution in [0.25, 0.3) is 56.8 Å². The van der Waals surface area contributed by atoms with E-state index in [4.69, 9.17) is 9.97 Å². The van der Waals surface area contributed by atoms with Crippen LogP contribution >= 0.6 is 11.3 Å². The fourth-order valence-corrected chi connectivity index (χ4v) is 4.41. The standard InChI is InChI=1S/C24H16N4S.Fe/c1-2-24(29-9-1)22-13-21-12-19-6-5-17(26-19)10-15-3-4-16(25-15)11-18-7-8-20(27-18)14-23(22)28-21;/h1-14,25,28H;. The van der Waals surface area contributed by atoms with Crippen molar-refractivity contribution in [1.29, 1.82) is 0 Å². The smallest absolute Gasteiger partial charge is 0.0658 e. The van der Waals surface area contributed by atoms with E-state index in [9.17, 15) is 0 Å². The monoisotopic (exact) mass is 448 g/mol. The van der Waals surface area contributed by atoms with E-state index < -0.39 is 0 Å². The Morgan fingerprint density at radius 3 is 1.83 bits per heavy atom. The van der Waals surface area contributed by atoms with Gasteiger partial charge >= 0.3 is 0 Å². The number of nitrogens with zero attached hydrogens (tertiary/aromatic N) is 2. The fourth-order valence-electron chi connectivity index (χ4n) is 3.65. The summed E-state index contributed by atoms with van der Waals surface area (Å²) in [5.41, 5.74) is 9.02.